The first-order chi connectivity index (χ1) is 18.9. The molecule has 1 saturated heterocycles. The lowest BCUT2D eigenvalue weighted by atomic mass is 9.91. The number of fused-ring (bicyclic) bond motifs is 1. The van der Waals surface area contributed by atoms with Gasteiger partial charge in [-0.15, -0.1) is 11.3 Å². The summed E-state index contributed by atoms with van der Waals surface area (Å²) in [5.74, 6) is 0.428. The van der Waals surface area contributed by atoms with Crippen LogP contribution >= 0.6 is 22.9 Å². The fraction of sp³-hybridized carbons (Fsp3) is 0.379. The van der Waals surface area contributed by atoms with E-state index in [-0.39, 0.29) is 0 Å². The van der Waals surface area contributed by atoms with E-state index < -0.39 is 12.1 Å². The highest BCUT2D eigenvalue weighted by molar-refractivity contribution is 7.22. The quantitative estimate of drug-likeness (QED) is 0.244. The third-order valence-electron chi connectivity index (χ3n) is 6.99. The number of anilines is 1. The minimum atomic E-state index is -1.10. The van der Waals surface area contributed by atoms with Gasteiger partial charge in [0.2, 0.25) is 0 Å². The maximum absolute atomic E-state index is 12.5. The summed E-state index contributed by atoms with van der Waals surface area (Å²) >= 11 is 7.67. The summed E-state index contributed by atoms with van der Waals surface area (Å²) in [6.45, 7) is 8.11. The number of aryl methyl sites for hydroxylation is 1. The Labute approximate surface area is 237 Å². The lowest BCUT2D eigenvalue weighted by Gasteiger charge is -2.33. The van der Waals surface area contributed by atoms with Crippen LogP contribution in [0.4, 0.5) is 5.82 Å². The highest BCUT2D eigenvalue weighted by Gasteiger charge is 2.29. The third-order valence-corrected chi connectivity index (χ3v) is 8.33. The number of nitrogens with zero attached hydrogens (tertiary/aromatic N) is 5. The van der Waals surface area contributed by atoms with Gasteiger partial charge in [0, 0.05) is 55.1 Å². The average Bonchev–Trinajstić information content (AvgIpc) is 3.35. The van der Waals surface area contributed by atoms with Gasteiger partial charge in [0.1, 0.15) is 5.82 Å². The molecule has 0 spiro atoms. The smallest absolute Gasteiger partial charge is 0.337 e. The number of halogens is 1. The Balaban J connectivity index is 1.64. The number of thiazole rings is 1. The largest absolute Gasteiger partial charge is 0.479 e. The summed E-state index contributed by atoms with van der Waals surface area (Å²) in [5, 5.41) is 11.5. The lowest BCUT2D eigenvalue weighted by Crippen LogP contribution is -2.44. The number of piperazine rings is 1. The number of likely N-dealkylation sites (N-methyl/N-ethyl adjacent to an activating group) is 1. The maximum atomic E-state index is 12.5. The highest BCUT2D eigenvalue weighted by atomic mass is 35.5. The molecule has 8 nitrogen and oxygen atoms in total. The molecule has 2 aromatic heterocycles. The third kappa shape index (κ3) is 5.91. The van der Waals surface area contributed by atoms with Crippen LogP contribution in [0.3, 0.4) is 0 Å². The lowest BCUT2D eigenvalue weighted by molar-refractivity contribution is -0.151. The van der Waals surface area contributed by atoms with Gasteiger partial charge in [-0.05, 0) is 55.8 Å². The van der Waals surface area contributed by atoms with Crippen molar-refractivity contribution in [1.29, 1.82) is 0 Å². The second-order valence-electron chi connectivity index (χ2n) is 9.83. The number of ether oxygens (including phenoxy) is 1. The van der Waals surface area contributed by atoms with Crippen molar-refractivity contribution in [2.75, 3.05) is 44.7 Å². The van der Waals surface area contributed by atoms with Crippen LogP contribution in [0.15, 0.2) is 42.6 Å². The molecule has 0 amide bonds. The minimum absolute atomic E-state index is 0.367. The first kappa shape index (κ1) is 27.5. The van der Waals surface area contributed by atoms with Crippen LogP contribution in [0.5, 0.6) is 0 Å². The number of carbonyl (C=O) groups is 1. The van der Waals surface area contributed by atoms with Gasteiger partial charge in [0.05, 0.1) is 10.2 Å². The Morgan fingerprint density at radius 2 is 1.90 bits per heavy atom. The number of carboxylic acids is 1. The zero-order valence-corrected chi connectivity index (χ0v) is 23.9. The Morgan fingerprint density at radius 3 is 2.59 bits per heavy atom. The molecule has 1 unspecified atom stereocenters. The van der Waals surface area contributed by atoms with Crippen LogP contribution in [0.2, 0.25) is 5.02 Å². The monoisotopic (exact) mass is 565 g/mol. The minimum Gasteiger partial charge on any atom is -0.479 e. The van der Waals surface area contributed by atoms with E-state index >= 15 is 0 Å². The molecule has 1 N–H and O–H groups in total. The molecule has 204 valence electrons. The predicted molar refractivity (Wildman–Crippen MR) is 157 cm³/mol. The molecule has 0 aliphatic carbocycles. The Morgan fingerprint density at radius 1 is 1.15 bits per heavy atom. The van der Waals surface area contributed by atoms with Gasteiger partial charge in [-0.1, -0.05) is 37.1 Å². The van der Waals surface area contributed by atoms with E-state index in [1.165, 1.54) is 11.3 Å². The van der Waals surface area contributed by atoms with Crippen LogP contribution in [-0.2, 0) is 9.53 Å². The number of hydrogen-bond acceptors (Lipinski definition) is 8. The summed E-state index contributed by atoms with van der Waals surface area (Å²) in [5.41, 5.74) is 3.86. The predicted octanol–water partition coefficient (Wildman–Crippen LogP) is 6.08. The molecule has 3 heterocycles. The number of unbranched alkanes of at least 4 members (excludes halogenated alkanes) is 1. The normalized spacial score (nSPS) is 15.1. The topological polar surface area (TPSA) is 91.7 Å². The molecule has 1 aliphatic heterocycles. The van der Waals surface area contributed by atoms with E-state index in [9.17, 15) is 9.90 Å². The summed E-state index contributed by atoms with van der Waals surface area (Å²) in [7, 11) is 2.13. The number of carboxylic acid groups (broad SMARTS) is 1. The molecule has 1 aliphatic rings. The van der Waals surface area contributed by atoms with E-state index in [4.69, 9.17) is 26.3 Å². The summed E-state index contributed by atoms with van der Waals surface area (Å²) < 4.78 is 6.82. The fourth-order valence-corrected chi connectivity index (χ4v) is 6.03. The Kier molecular flexibility index (Phi) is 8.42. The summed E-state index contributed by atoms with van der Waals surface area (Å²) in [6.07, 6.45) is 2.38. The number of rotatable bonds is 9. The molecule has 5 rings (SSSR count). The van der Waals surface area contributed by atoms with Crippen LogP contribution in [0.25, 0.3) is 32.2 Å². The molecule has 0 saturated carbocycles. The maximum Gasteiger partial charge on any atom is 0.337 e. The molecule has 4 aromatic rings. The number of hydrogen-bond donors (Lipinski definition) is 1. The van der Waals surface area contributed by atoms with Crippen LogP contribution in [0.1, 0.15) is 37.0 Å². The first-order valence-electron chi connectivity index (χ1n) is 13.2. The molecule has 0 bridgehead atoms. The Hall–Kier alpha value is -3.11. The van der Waals surface area contributed by atoms with Gasteiger partial charge >= 0.3 is 5.97 Å². The number of aliphatic carboxylic acids is 1. The van der Waals surface area contributed by atoms with E-state index in [1.807, 2.05) is 43.3 Å². The standard InChI is InChI=1S/C29H32ClN5O3S/c1-4-5-16-38-25(29(36)37)23-18(2)17-21-26(24(23)19-6-8-20(30)9-7-19)39-28(32-21)27-31-11-10-22(33-27)35-14-12-34(3)13-15-35/h6-11,17,25H,4-5,12-16H2,1-3H3,(H,36,37). The van der Waals surface area contributed by atoms with Crippen molar-refractivity contribution in [2.24, 2.45) is 0 Å². The van der Waals surface area contributed by atoms with Crippen LogP contribution in [-0.4, -0.2) is 70.8 Å². The van der Waals surface area contributed by atoms with Crippen molar-refractivity contribution in [3.8, 4) is 22.0 Å². The van der Waals surface area contributed by atoms with Crippen molar-refractivity contribution in [3.05, 3.63) is 58.7 Å². The average molecular weight is 566 g/mol. The van der Waals surface area contributed by atoms with E-state index in [0.717, 1.165) is 71.7 Å². The van der Waals surface area contributed by atoms with Gasteiger partial charge in [-0.3, -0.25) is 0 Å². The molecule has 39 heavy (non-hydrogen) atoms. The van der Waals surface area contributed by atoms with Crippen molar-refractivity contribution < 1.29 is 14.6 Å². The molecule has 10 heteroatoms. The van der Waals surface area contributed by atoms with Crippen molar-refractivity contribution >= 4 is 44.9 Å². The van der Waals surface area contributed by atoms with E-state index in [0.29, 0.717) is 28.0 Å². The van der Waals surface area contributed by atoms with Crippen molar-refractivity contribution in [2.45, 2.75) is 32.8 Å². The fourth-order valence-electron chi connectivity index (χ4n) is 4.84. The van der Waals surface area contributed by atoms with Gasteiger partial charge in [-0.25, -0.2) is 19.7 Å². The van der Waals surface area contributed by atoms with Gasteiger partial charge in [0.25, 0.3) is 0 Å². The van der Waals surface area contributed by atoms with Gasteiger partial charge in [-0.2, -0.15) is 0 Å². The number of benzene rings is 2. The van der Waals surface area contributed by atoms with E-state index in [2.05, 4.69) is 28.8 Å². The molecule has 2 aromatic carbocycles. The highest BCUT2D eigenvalue weighted by Crippen LogP contribution is 2.43. The molecular weight excluding hydrogens is 534 g/mol. The van der Waals surface area contributed by atoms with Gasteiger partial charge < -0.3 is 19.6 Å². The molecular formula is C29H32ClN5O3S. The second kappa shape index (κ2) is 12.0. The molecule has 1 fully saturated rings. The first-order valence-corrected chi connectivity index (χ1v) is 14.4. The molecule has 0 radical (unpaired) electrons. The van der Waals surface area contributed by atoms with E-state index in [1.54, 1.807) is 6.20 Å². The van der Waals surface area contributed by atoms with Gasteiger partial charge in [0.15, 0.2) is 16.9 Å². The zero-order chi connectivity index (χ0) is 27.5. The SMILES string of the molecule is CCCCOC(C(=O)O)c1c(C)cc2nc(-c3nccc(N4CCN(C)CC4)n3)sc2c1-c1ccc(Cl)cc1. The van der Waals surface area contributed by atoms with Crippen LogP contribution < -0.4 is 4.90 Å². The molecule has 1 atom stereocenters. The van der Waals surface area contributed by atoms with Crippen molar-refractivity contribution in [1.82, 2.24) is 19.9 Å². The number of aromatic nitrogens is 3. The van der Waals surface area contributed by atoms with Crippen molar-refractivity contribution in [3.63, 3.8) is 0 Å². The summed E-state index contributed by atoms with van der Waals surface area (Å²) in [6, 6.07) is 11.3. The zero-order valence-electron chi connectivity index (χ0n) is 22.4. The second-order valence-corrected chi connectivity index (χ2v) is 11.3. The Bertz CT molecular complexity index is 1470. The van der Waals surface area contributed by atoms with Crippen LogP contribution in [0, 0.1) is 6.92 Å². The summed E-state index contributed by atoms with van der Waals surface area (Å²) in [4.78, 5) is 31.4.